The van der Waals surface area contributed by atoms with Gasteiger partial charge in [0.05, 0.1) is 6.61 Å². The van der Waals surface area contributed by atoms with Gasteiger partial charge in [-0.2, -0.15) is 4.37 Å². The van der Waals surface area contributed by atoms with Crippen molar-refractivity contribution in [1.29, 1.82) is 0 Å². The Hall–Kier alpha value is -2.02. The van der Waals surface area contributed by atoms with Gasteiger partial charge in [-0.25, -0.2) is 9.97 Å². The number of hydrogen-bond donors (Lipinski definition) is 0. The third-order valence-corrected chi connectivity index (χ3v) is 4.32. The fourth-order valence-corrected chi connectivity index (χ4v) is 3.05. The molecule has 0 spiro atoms. The highest BCUT2D eigenvalue weighted by Gasteiger charge is 2.14. The lowest BCUT2D eigenvalue weighted by Gasteiger charge is -2.20. The first-order valence-electron chi connectivity index (χ1n) is 8.35. The summed E-state index contributed by atoms with van der Waals surface area (Å²) in [5, 5.41) is 0.873. The van der Waals surface area contributed by atoms with Gasteiger partial charge < -0.3 is 9.64 Å². The maximum atomic E-state index is 11.3. The molecule has 6 nitrogen and oxygen atoms in total. The Balaban J connectivity index is 1.81. The molecule has 2 aromatic heterocycles. The molecule has 0 aromatic carbocycles. The molecule has 7 heteroatoms. The van der Waals surface area contributed by atoms with Crippen LogP contribution in [-0.4, -0.2) is 33.5 Å². The zero-order valence-corrected chi connectivity index (χ0v) is 15.1. The van der Waals surface area contributed by atoms with Gasteiger partial charge >= 0.3 is 5.97 Å². The summed E-state index contributed by atoms with van der Waals surface area (Å²) in [5.41, 5.74) is 0. The lowest BCUT2D eigenvalue weighted by molar-refractivity contribution is -0.143. The summed E-state index contributed by atoms with van der Waals surface area (Å²) < 4.78 is 9.20. The third-order valence-electron chi connectivity index (χ3n) is 3.49. The molecule has 2 aromatic rings. The number of esters is 1. The number of hydrogen-bond acceptors (Lipinski definition) is 7. The van der Waals surface area contributed by atoms with Gasteiger partial charge in [0.1, 0.15) is 11.6 Å². The first kappa shape index (κ1) is 18.3. The van der Waals surface area contributed by atoms with Crippen LogP contribution >= 0.6 is 11.5 Å². The van der Waals surface area contributed by atoms with Gasteiger partial charge in [-0.05, 0) is 38.8 Å². The Morgan fingerprint density at radius 1 is 1.25 bits per heavy atom. The molecule has 0 atom stereocenters. The number of nitrogens with zero attached hydrogens (tertiary/aromatic N) is 4. The van der Waals surface area contributed by atoms with Crippen molar-refractivity contribution in [2.24, 2.45) is 0 Å². The van der Waals surface area contributed by atoms with Crippen LogP contribution in [0.3, 0.4) is 0 Å². The molecule has 24 heavy (non-hydrogen) atoms. The summed E-state index contributed by atoms with van der Waals surface area (Å²) in [6.07, 6.45) is 6.26. The van der Waals surface area contributed by atoms with E-state index in [4.69, 9.17) is 4.74 Å². The van der Waals surface area contributed by atoms with Gasteiger partial charge in [0.25, 0.3) is 0 Å². The van der Waals surface area contributed by atoms with Crippen LogP contribution in [0.25, 0.3) is 0 Å². The molecule has 2 rings (SSSR count). The molecule has 2 heterocycles. The third kappa shape index (κ3) is 5.88. The Kier molecular flexibility index (Phi) is 7.61. The second-order valence-corrected chi connectivity index (χ2v) is 6.16. The zero-order chi connectivity index (χ0) is 17.2. The van der Waals surface area contributed by atoms with Gasteiger partial charge in [-0.1, -0.05) is 18.9 Å². The fourth-order valence-electron chi connectivity index (χ4n) is 2.34. The summed E-state index contributed by atoms with van der Waals surface area (Å²) in [6.45, 7) is 5.02. The van der Waals surface area contributed by atoms with E-state index in [1.165, 1.54) is 11.5 Å². The summed E-state index contributed by atoms with van der Waals surface area (Å²) >= 11 is 1.39. The number of pyridine rings is 1. The summed E-state index contributed by atoms with van der Waals surface area (Å²) in [6, 6.07) is 5.86. The van der Waals surface area contributed by atoms with Crippen LogP contribution in [0, 0.1) is 6.92 Å². The zero-order valence-electron chi connectivity index (χ0n) is 14.3. The van der Waals surface area contributed by atoms with Crippen molar-refractivity contribution < 1.29 is 9.53 Å². The number of aryl methyl sites for hydroxylation is 1. The molecule has 130 valence electrons. The Morgan fingerprint density at radius 3 is 2.75 bits per heavy atom. The van der Waals surface area contributed by atoms with Gasteiger partial charge in [0, 0.05) is 30.7 Å². The van der Waals surface area contributed by atoms with E-state index in [0.717, 1.165) is 49.0 Å². The topological polar surface area (TPSA) is 68.2 Å². The summed E-state index contributed by atoms with van der Waals surface area (Å²) in [4.78, 5) is 22.3. The number of unbranched alkanes of at least 4 members (excludes halogenated alkanes) is 3. The Bertz CT molecular complexity index is 618. The second kappa shape index (κ2) is 9.97. The summed E-state index contributed by atoms with van der Waals surface area (Å²) in [7, 11) is 0. The van der Waals surface area contributed by atoms with Gasteiger partial charge in [0.15, 0.2) is 0 Å². The van der Waals surface area contributed by atoms with Gasteiger partial charge in [-0.3, -0.25) is 4.79 Å². The fraction of sp³-hybridized carbons (Fsp3) is 0.529. The standard InChI is InChI=1S/C17H24N4O2S/c1-3-23-16(22)11-6-4-5-9-13-21(15-10-7-8-12-18-15)17-19-14(2)20-24-17/h7-8,10,12H,3-6,9,11,13H2,1-2H3. The lowest BCUT2D eigenvalue weighted by Crippen LogP contribution is -2.19. The number of anilines is 2. The minimum absolute atomic E-state index is 0.100. The molecule has 0 N–H and O–H groups in total. The van der Waals surface area contributed by atoms with Crippen molar-refractivity contribution in [1.82, 2.24) is 14.3 Å². The highest BCUT2D eigenvalue weighted by molar-refractivity contribution is 7.09. The van der Waals surface area contributed by atoms with Crippen molar-refractivity contribution in [3.05, 3.63) is 30.2 Å². The average molecular weight is 348 g/mol. The number of carbonyl (C=O) groups excluding carboxylic acids is 1. The highest BCUT2D eigenvalue weighted by atomic mass is 32.1. The number of aromatic nitrogens is 3. The molecule has 0 aliphatic carbocycles. The van der Waals surface area contributed by atoms with Gasteiger partial charge in [-0.15, -0.1) is 0 Å². The summed E-state index contributed by atoms with van der Waals surface area (Å²) in [5.74, 6) is 1.57. The molecule has 0 aliphatic heterocycles. The Morgan fingerprint density at radius 2 is 2.08 bits per heavy atom. The highest BCUT2D eigenvalue weighted by Crippen LogP contribution is 2.25. The smallest absolute Gasteiger partial charge is 0.305 e. The Labute approximate surface area is 147 Å². The van der Waals surface area contributed by atoms with E-state index in [1.807, 2.05) is 32.0 Å². The lowest BCUT2D eigenvalue weighted by atomic mass is 10.1. The van der Waals surface area contributed by atoms with Crippen molar-refractivity contribution >= 4 is 28.5 Å². The first-order chi connectivity index (χ1) is 11.7. The largest absolute Gasteiger partial charge is 0.466 e. The van der Waals surface area contributed by atoms with Crippen molar-refractivity contribution in [3.8, 4) is 0 Å². The minimum Gasteiger partial charge on any atom is -0.466 e. The molecule has 0 bridgehead atoms. The number of rotatable bonds is 10. The van der Waals surface area contributed by atoms with Crippen LogP contribution in [-0.2, 0) is 9.53 Å². The maximum Gasteiger partial charge on any atom is 0.305 e. The van der Waals surface area contributed by atoms with Crippen LogP contribution in [0.2, 0.25) is 0 Å². The molecular weight excluding hydrogens is 324 g/mol. The molecule has 0 saturated heterocycles. The van der Waals surface area contributed by atoms with Crippen LogP contribution in [0.5, 0.6) is 0 Å². The second-order valence-electron chi connectivity index (χ2n) is 5.43. The van der Waals surface area contributed by atoms with E-state index >= 15 is 0 Å². The van der Waals surface area contributed by atoms with Crippen molar-refractivity contribution in [2.75, 3.05) is 18.1 Å². The first-order valence-corrected chi connectivity index (χ1v) is 9.12. The average Bonchev–Trinajstić information content (AvgIpc) is 3.01. The normalized spacial score (nSPS) is 10.6. The molecule has 0 fully saturated rings. The van der Waals surface area contributed by atoms with E-state index in [0.29, 0.717) is 13.0 Å². The van der Waals surface area contributed by atoms with E-state index in [1.54, 1.807) is 6.20 Å². The monoisotopic (exact) mass is 348 g/mol. The van der Waals surface area contributed by atoms with Crippen LogP contribution in [0.15, 0.2) is 24.4 Å². The SMILES string of the molecule is CCOC(=O)CCCCCCN(c1ccccn1)c1nc(C)ns1. The molecule has 0 aliphatic rings. The molecule has 0 saturated carbocycles. The predicted molar refractivity (Wildman–Crippen MR) is 95.6 cm³/mol. The van der Waals surface area contributed by atoms with Gasteiger partial charge in [0.2, 0.25) is 5.13 Å². The number of carbonyl (C=O) groups is 1. The predicted octanol–water partition coefficient (Wildman–Crippen LogP) is 3.89. The molecular formula is C17H24N4O2S. The van der Waals surface area contributed by atoms with Crippen molar-refractivity contribution in [2.45, 2.75) is 46.0 Å². The minimum atomic E-state index is -0.100. The van der Waals surface area contributed by atoms with E-state index < -0.39 is 0 Å². The number of ether oxygens (including phenoxy) is 1. The molecule has 0 amide bonds. The molecule has 0 radical (unpaired) electrons. The van der Waals surface area contributed by atoms with Crippen LogP contribution in [0.4, 0.5) is 10.9 Å². The quantitative estimate of drug-likeness (QED) is 0.479. The van der Waals surface area contributed by atoms with Crippen LogP contribution in [0.1, 0.15) is 44.9 Å². The van der Waals surface area contributed by atoms with E-state index in [9.17, 15) is 4.79 Å². The van der Waals surface area contributed by atoms with E-state index in [2.05, 4.69) is 19.2 Å². The van der Waals surface area contributed by atoms with Crippen LogP contribution < -0.4 is 4.90 Å². The molecule has 0 unspecified atom stereocenters. The van der Waals surface area contributed by atoms with Crippen molar-refractivity contribution in [3.63, 3.8) is 0 Å². The maximum absolute atomic E-state index is 11.3. The van der Waals surface area contributed by atoms with E-state index in [-0.39, 0.29) is 5.97 Å².